The van der Waals surface area contributed by atoms with Crippen LogP contribution in [0.4, 0.5) is 5.69 Å². The molecule has 2 N–H and O–H groups in total. The lowest BCUT2D eigenvalue weighted by molar-refractivity contribution is 0.143. The predicted octanol–water partition coefficient (Wildman–Crippen LogP) is 4.41. The summed E-state index contributed by atoms with van der Waals surface area (Å²) in [6.45, 7) is 9.67. The summed E-state index contributed by atoms with van der Waals surface area (Å²) in [6, 6.07) is 8.70. The van der Waals surface area contributed by atoms with Crippen molar-refractivity contribution in [3.8, 4) is 5.75 Å². The number of hydrogen-bond acceptors (Lipinski definition) is 3. The second-order valence-electron chi connectivity index (χ2n) is 7.02. The summed E-state index contributed by atoms with van der Waals surface area (Å²) in [5.74, 6) is 0.860. The molecule has 1 saturated heterocycles. The zero-order valence-corrected chi connectivity index (χ0v) is 16.7. The summed E-state index contributed by atoms with van der Waals surface area (Å²) < 4.78 is 5.71. The number of likely N-dealkylation sites (tertiary alicyclic amines) is 1. The Morgan fingerprint density at radius 3 is 2.96 bits per heavy atom. The van der Waals surface area contributed by atoms with Gasteiger partial charge in [-0.2, -0.15) is 0 Å². The predicted molar refractivity (Wildman–Crippen MR) is 111 cm³/mol. The average Bonchev–Trinajstić information content (AvgIpc) is 2.59. The van der Waals surface area contributed by atoms with Crippen LogP contribution in [-0.2, 0) is 0 Å². The third-order valence-electron chi connectivity index (χ3n) is 4.59. The summed E-state index contributed by atoms with van der Waals surface area (Å²) >= 11 is 5.41. The molecule has 2 rings (SSSR count). The van der Waals surface area contributed by atoms with Gasteiger partial charge in [0.1, 0.15) is 5.75 Å². The first-order valence-corrected chi connectivity index (χ1v) is 10.0. The second-order valence-corrected chi connectivity index (χ2v) is 7.43. The van der Waals surface area contributed by atoms with Crippen LogP contribution in [0.25, 0.3) is 0 Å². The molecule has 1 fully saturated rings. The molecule has 5 heteroatoms. The van der Waals surface area contributed by atoms with Crippen molar-refractivity contribution in [1.29, 1.82) is 0 Å². The zero-order chi connectivity index (χ0) is 18.1. The highest BCUT2D eigenvalue weighted by atomic mass is 32.1. The highest BCUT2D eigenvalue weighted by molar-refractivity contribution is 7.80. The minimum atomic E-state index is 0.169. The zero-order valence-electron chi connectivity index (χ0n) is 15.9. The molecule has 25 heavy (non-hydrogen) atoms. The maximum absolute atomic E-state index is 5.71. The van der Waals surface area contributed by atoms with Gasteiger partial charge in [0, 0.05) is 30.9 Å². The number of anilines is 1. The molecule has 1 aromatic rings. The molecule has 0 spiro atoms. The smallest absolute Gasteiger partial charge is 0.170 e. The van der Waals surface area contributed by atoms with Gasteiger partial charge < -0.3 is 20.3 Å². The van der Waals surface area contributed by atoms with Crippen LogP contribution in [0.3, 0.4) is 0 Å². The number of nitrogens with zero attached hydrogens (tertiary/aromatic N) is 1. The standard InChI is InChI=1S/C20H33N3OS/c1-4-18-10-5-6-13-23(18)14-8-12-21-20(25)22-17-9-7-11-19(15-17)24-16(2)3/h7,9,11,15-16,18H,4-6,8,10,12-14H2,1-3H3,(H2,21,22,25). The third-order valence-corrected chi connectivity index (χ3v) is 4.84. The molecule has 0 aliphatic carbocycles. The molecule has 4 nitrogen and oxygen atoms in total. The van der Waals surface area contributed by atoms with Crippen LogP contribution in [0.5, 0.6) is 5.75 Å². The number of ether oxygens (including phenoxy) is 1. The normalized spacial score (nSPS) is 18.2. The van der Waals surface area contributed by atoms with Gasteiger partial charge in [-0.3, -0.25) is 0 Å². The van der Waals surface area contributed by atoms with Crippen LogP contribution < -0.4 is 15.4 Å². The van der Waals surface area contributed by atoms with Crippen LogP contribution in [0.15, 0.2) is 24.3 Å². The monoisotopic (exact) mass is 363 g/mol. The maximum Gasteiger partial charge on any atom is 0.170 e. The lowest BCUT2D eigenvalue weighted by Gasteiger charge is -2.35. The van der Waals surface area contributed by atoms with Crippen molar-refractivity contribution in [2.45, 2.75) is 65.0 Å². The molecule has 0 bridgehead atoms. The average molecular weight is 364 g/mol. The van der Waals surface area contributed by atoms with E-state index >= 15 is 0 Å². The van der Waals surface area contributed by atoms with E-state index in [0.29, 0.717) is 5.11 Å². The van der Waals surface area contributed by atoms with Crippen molar-refractivity contribution in [3.05, 3.63) is 24.3 Å². The molecule has 1 atom stereocenters. The molecule has 1 aliphatic rings. The van der Waals surface area contributed by atoms with Gasteiger partial charge in [-0.1, -0.05) is 19.4 Å². The third kappa shape index (κ3) is 7.20. The Labute approximate surface area is 158 Å². The largest absolute Gasteiger partial charge is 0.491 e. The molecular weight excluding hydrogens is 330 g/mol. The Balaban J connectivity index is 1.68. The maximum atomic E-state index is 5.71. The number of benzene rings is 1. The lowest BCUT2D eigenvalue weighted by Crippen LogP contribution is -2.40. The number of rotatable bonds is 8. The quantitative estimate of drug-likeness (QED) is 0.528. The first kappa shape index (κ1) is 20.0. The lowest BCUT2D eigenvalue weighted by atomic mass is 10.00. The fraction of sp³-hybridized carbons (Fsp3) is 0.650. The van der Waals surface area contributed by atoms with E-state index in [1.807, 2.05) is 38.1 Å². The van der Waals surface area contributed by atoms with Crippen LogP contribution in [0.1, 0.15) is 52.9 Å². The Morgan fingerprint density at radius 1 is 1.36 bits per heavy atom. The molecule has 1 aliphatic heterocycles. The first-order valence-electron chi connectivity index (χ1n) is 9.64. The number of thiocarbonyl (C=S) groups is 1. The van der Waals surface area contributed by atoms with Gasteiger partial charge in [-0.15, -0.1) is 0 Å². The van der Waals surface area contributed by atoms with Gasteiger partial charge in [0.15, 0.2) is 5.11 Å². The van der Waals surface area contributed by atoms with E-state index in [9.17, 15) is 0 Å². The van der Waals surface area contributed by atoms with Crippen LogP contribution in [-0.4, -0.2) is 41.8 Å². The van der Waals surface area contributed by atoms with Crippen molar-refractivity contribution in [1.82, 2.24) is 10.2 Å². The van der Waals surface area contributed by atoms with E-state index in [-0.39, 0.29) is 6.10 Å². The summed E-state index contributed by atoms with van der Waals surface area (Å²) in [5, 5.41) is 7.23. The van der Waals surface area contributed by atoms with Crippen molar-refractivity contribution in [3.63, 3.8) is 0 Å². The topological polar surface area (TPSA) is 36.5 Å². The van der Waals surface area contributed by atoms with Crippen LogP contribution in [0.2, 0.25) is 0 Å². The molecular formula is C20H33N3OS. The van der Waals surface area contributed by atoms with E-state index in [2.05, 4.69) is 22.5 Å². The Hall–Kier alpha value is -1.33. The highest BCUT2D eigenvalue weighted by Crippen LogP contribution is 2.20. The Morgan fingerprint density at radius 2 is 2.20 bits per heavy atom. The molecule has 0 aromatic heterocycles. The van der Waals surface area contributed by atoms with Crippen LogP contribution in [0, 0.1) is 0 Å². The molecule has 0 amide bonds. The Kier molecular flexibility index (Phi) is 8.49. The van der Waals surface area contributed by atoms with Gasteiger partial charge in [-0.25, -0.2) is 0 Å². The van der Waals surface area contributed by atoms with Crippen LogP contribution >= 0.6 is 12.2 Å². The van der Waals surface area contributed by atoms with Crippen molar-refractivity contribution in [2.24, 2.45) is 0 Å². The van der Waals surface area contributed by atoms with Crippen molar-refractivity contribution < 1.29 is 4.74 Å². The SMILES string of the molecule is CCC1CCCCN1CCCNC(=S)Nc1cccc(OC(C)C)c1. The molecule has 1 aromatic carbocycles. The summed E-state index contributed by atoms with van der Waals surface area (Å²) in [6.07, 6.45) is 6.65. The molecule has 140 valence electrons. The molecule has 0 radical (unpaired) electrons. The minimum absolute atomic E-state index is 0.169. The summed E-state index contributed by atoms with van der Waals surface area (Å²) in [7, 11) is 0. The first-order chi connectivity index (χ1) is 12.1. The molecule has 0 saturated carbocycles. The van der Waals surface area contributed by atoms with Gasteiger partial charge >= 0.3 is 0 Å². The number of piperidine rings is 1. The van der Waals surface area contributed by atoms with Gasteiger partial charge in [0.2, 0.25) is 0 Å². The number of hydrogen-bond donors (Lipinski definition) is 2. The van der Waals surface area contributed by atoms with Gasteiger partial charge in [-0.05, 0) is 70.4 Å². The minimum Gasteiger partial charge on any atom is -0.491 e. The number of nitrogens with one attached hydrogen (secondary N) is 2. The van der Waals surface area contributed by atoms with Gasteiger partial charge in [0.25, 0.3) is 0 Å². The Bertz CT molecular complexity index is 535. The van der Waals surface area contributed by atoms with Gasteiger partial charge in [0.05, 0.1) is 6.10 Å². The molecule has 1 unspecified atom stereocenters. The van der Waals surface area contributed by atoms with E-state index in [4.69, 9.17) is 17.0 Å². The van der Waals surface area contributed by atoms with E-state index < -0.39 is 0 Å². The highest BCUT2D eigenvalue weighted by Gasteiger charge is 2.19. The second kappa shape index (κ2) is 10.6. The summed E-state index contributed by atoms with van der Waals surface area (Å²) in [4.78, 5) is 2.65. The summed E-state index contributed by atoms with van der Waals surface area (Å²) in [5.41, 5.74) is 0.956. The fourth-order valence-electron chi connectivity index (χ4n) is 3.40. The molecule has 1 heterocycles. The van der Waals surface area contributed by atoms with E-state index in [1.54, 1.807) is 0 Å². The van der Waals surface area contributed by atoms with E-state index in [0.717, 1.165) is 37.0 Å². The van der Waals surface area contributed by atoms with Crippen molar-refractivity contribution in [2.75, 3.05) is 25.0 Å². The van der Waals surface area contributed by atoms with Crippen molar-refractivity contribution >= 4 is 23.0 Å². The van der Waals surface area contributed by atoms with E-state index in [1.165, 1.54) is 32.2 Å². The fourth-order valence-corrected chi connectivity index (χ4v) is 3.62.